The van der Waals surface area contributed by atoms with E-state index >= 15 is 0 Å². The maximum Gasteiger partial charge on any atom is 0.272 e. The van der Waals surface area contributed by atoms with E-state index in [0.717, 1.165) is 54.1 Å². The molecule has 190 valence electrons. The van der Waals surface area contributed by atoms with Gasteiger partial charge in [-0.05, 0) is 75.3 Å². The number of rotatable bonds is 6. The number of fused-ring (bicyclic) bond motifs is 2. The number of aryl methyl sites for hydroxylation is 3. The highest BCUT2D eigenvalue weighted by molar-refractivity contribution is 7.11. The second-order valence-electron chi connectivity index (χ2n) is 10.2. The number of H-pyrrole nitrogens is 1. The SMILES string of the molecule is Cc1nc(CN(C(=O)C2(c3ccc4c(=O)[nH]nc(CN)c4c3)CC2)C2CCCc3cccnc32)sc1C. The highest BCUT2D eigenvalue weighted by Gasteiger charge is 2.54. The van der Waals surface area contributed by atoms with Gasteiger partial charge in [0.15, 0.2) is 0 Å². The van der Waals surface area contributed by atoms with Gasteiger partial charge in [0, 0.05) is 23.0 Å². The molecule has 0 saturated heterocycles. The van der Waals surface area contributed by atoms with Gasteiger partial charge in [0.1, 0.15) is 5.01 Å². The lowest BCUT2D eigenvalue weighted by molar-refractivity contribution is -0.137. The molecule has 3 aromatic heterocycles. The molecule has 3 heterocycles. The van der Waals surface area contributed by atoms with E-state index < -0.39 is 5.41 Å². The number of nitrogens with one attached hydrogen (secondary N) is 1. The summed E-state index contributed by atoms with van der Waals surface area (Å²) in [6, 6.07) is 9.68. The maximum atomic E-state index is 14.6. The molecule has 0 radical (unpaired) electrons. The van der Waals surface area contributed by atoms with E-state index in [-0.39, 0.29) is 24.1 Å². The van der Waals surface area contributed by atoms with Crippen molar-refractivity contribution in [3.8, 4) is 0 Å². The zero-order chi connectivity index (χ0) is 25.7. The Hall–Kier alpha value is -3.43. The van der Waals surface area contributed by atoms with Crippen LogP contribution >= 0.6 is 11.3 Å². The lowest BCUT2D eigenvalue weighted by Gasteiger charge is -2.37. The van der Waals surface area contributed by atoms with Crippen LogP contribution in [0.5, 0.6) is 0 Å². The van der Waals surface area contributed by atoms with Gasteiger partial charge < -0.3 is 10.6 Å². The van der Waals surface area contributed by atoms with Crippen LogP contribution in [0, 0.1) is 13.8 Å². The monoisotopic (exact) mass is 514 g/mol. The van der Waals surface area contributed by atoms with Crippen LogP contribution in [-0.2, 0) is 29.7 Å². The Morgan fingerprint density at radius 2 is 2.08 bits per heavy atom. The molecule has 2 aliphatic carbocycles. The molecule has 0 spiro atoms. The molecule has 1 aromatic carbocycles. The van der Waals surface area contributed by atoms with Crippen LogP contribution < -0.4 is 11.3 Å². The molecule has 9 heteroatoms. The van der Waals surface area contributed by atoms with E-state index in [1.807, 2.05) is 36.2 Å². The molecular weight excluding hydrogens is 484 g/mol. The lowest BCUT2D eigenvalue weighted by Crippen LogP contribution is -2.42. The number of hydrogen-bond acceptors (Lipinski definition) is 7. The largest absolute Gasteiger partial charge is 0.327 e. The number of pyridine rings is 1. The van der Waals surface area contributed by atoms with Crippen molar-refractivity contribution < 1.29 is 4.79 Å². The van der Waals surface area contributed by atoms with Gasteiger partial charge in [0.2, 0.25) is 5.91 Å². The Kier molecular flexibility index (Phi) is 5.92. The predicted octanol–water partition coefficient (Wildman–Crippen LogP) is 3.99. The molecule has 1 unspecified atom stereocenters. The molecular formula is C28H30N6O2S. The molecule has 1 fully saturated rings. The fraction of sp³-hybridized carbons (Fsp3) is 0.393. The number of amides is 1. The zero-order valence-electron chi connectivity index (χ0n) is 21.1. The molecule has 1 saturated carbocycles. The summed E-state index contributed by atoms with van der Waals surface area (Å²) < 4.78 is 0. The maximum absolute atomic E-state index is 14.6. The van der Waals surface area contributed by atoms with Crippen LogP contribution in [0.15, 0.2) is 41.3 Å². The average molecular weight is 515 g/mol. The first-order chi connectivity index (χ1) is 17.9. The predicted molar refractivity (Wildman–Crippen MR) is 143 cm³/mol. The van der Waals surface area contributed by atoms with Crippen LogP contribution in [0.1, 0.15) is 69.8 Å². The number of nitrogens with zero attached hydrogens (tertiary/aromatic N) is 4. The average Bonchev–Trinajstić information content (AvgIpc) is 3.67. The molecule has 4 aromatic rings. The first-order valence-corrected chi connectivity index (χ1v) is 13.6. The van der Waals surface area contributed by atoms with Crippen LogP contribution in [0.3, 0.4) is 0 Å². The van der Waals surface area contributed by atoms with E-state index in [1.54, 1.807) is 17.4 Å². The molecule has 3 N–H and O–H groups in total. The van der Waals surface area contributed by atoms with E-state index in [1.165, 1.54) is 10.4 Å². The summed E-state index contributed by atoms with van der Waals surface area (Å²) in [5.41, 5.74) is 9.81. The van der Waals surface area contributed by atoms with Crippen molar-refractivity contribution in [1.82, 2.24) is 25.1 Å². The minimum Gasteiger partial charge on any atom is -0.327 e. The fourth-order valence-corrected chi connectivity index (χ4v) is 6.60. The Balaban J connectivity index is 1.44. The third-order valence-corrected chi connectivity index (χ3v) is 9.01. The van der Waals surface area contributed by atoms with Gasteiger partial charge in [-0.25, -0.2) is 10.1 Å². The Morgan fingerprint density at radius 1 is 1.24 bits per heavy atom. The summed E-state index contributed by atoms with van der Waals surface area (Å²) >= 11 is 1.65. The molecule has 0 aliphatic heterocycles. The highest BCUT2D eigenvalue weighted by Crippen LogP contribution is 2.52. The summed E-state index contributed by atoms with van der Waals surface area (Å²) in [6.45, 7) is 4.75. The third-order valence-electron chi connectivity index (χ3n) is 7.95. The molecule has 0 bridgehead atoms. The molecule has 1 amide bonds. The standard InChI is InChI=1S/C28H30N6O2S/c1-16-17(2)37-24(31-16)15-34(23-7-3-5-18-6-4-12-30-25(18)23)27(36)28(10-11-28)19-8-9-20-21(13-19)22(14-29)32-33-26(20)35/h4,6,8-9,12-13,23H,3,5,7,10-11,14-15,29H2,1-2H3,(H,33,35). The normalized spacial score (nSPS) is 18.0. The quantitative estimate of drug-likeness (QED) is 0.402. The Bertz CT molecular complexity index is 1550. The second kappa shape index (κ2) is 9.15. The van der Waals surface area contributed by atoms with Crippen LogP contribution in [-0.4, -0.2) is 31.0 Å². The van der Waals surface area contributed by atoms with Crippen molar-refractivity contribution in [3.05, 3.63) is 85.0 Å². The third kappa shape index (κ3) is 4.06. The van der Waals surface area contributed by atoms with E-state index in [2.05, 4.69) is 23.2 Å². The minimum atomic E-state index is -0.629. The first kappa shape index (κ1) is 23.9. The van der Waals surface area contributed by atoms with Gasteiger partial charge in [-0.1, -0.05) is 12.1 Å². The van der Waals surface area contributed by atoms with Crippen molar-refractivity contribution in [1.29, 1.82) is 0 Å². The van der Waals surface area contributed by atoms with Crippen molar-refractivity contribution in [3.63, 3.8) is 0 Å². The number of carbonyl (C=O) groups is 1. The first-order valence-electron chi connectivity index (χ1n) is 12.8. The Labute approximate surface area is 219 Å². The second-order valence-corrected chi connectivity index (χ2v) is 11.5. The summed E-state index contributed by atoms with van der Waals surface area (Å²) in [7, 11) is 0. The number of carbonyl (C=O) groups excluding carboxylic acids is 1. The molecule has 6 rings (SSSR count). The van der Waals surface area contributed by atoms with Crippen molar-refractivity contribution in [2.24, 2.45) is 5.73 Å². The van der Waals surface area contributed by atoms with E-state index in [9.17, 15) is 9.59 Å². The van der Waals surface area contributed by atoms with Gasteiger partial charge in [0.05, 0.1) is 40.5 Å². The van der Waals surface area contributed by atoms with Crippen LogP contribution in [0.2, 0.25) is 0 Å². The molecule has 1 atom stereocenters. The van der Waals surface area contributed by atoms with Gasteiger partial charge in [-0.2, -0.15) is 5.10 Å². The summed E-state index contributed by atoms with van der Waals surface area (Å²) in [5.74, 6) is 0.105. The molecule has 2 aliphatic rings. The number of benzene rings is 1. The van der Waals surface area contributed by atoms with E-state index in [4.69, 9.17) is 15.7 Å². The van der Waals surface area contributed by atoms with Crippen molar-refractivity contribution in [2.75, 3.05) is 0 Å². The summed E-state index contributed by atoms with van der Waals surface area (Å²) in [6.07, 6.45) is 6.23. The van der Waals surface area contributed by atoms with Gasteiger partial charge in [0.25, 0.3) is 5.56 Å². The topological polar surface area (TPSA) is 118 Å². The van der Waals surface area contributed by atoms with Crippen LogP contribution in [0.4, 0.5) is 0 Å². The summed E-state index contributed by atoms with van der Waals surface area (Å²) in [5, 5.41) is 8.86. The number of aromatic nitrogens is 4. The van der Waals surface area contributed by atoms with E-state index in [0.29, 0.717) is 23.0 Å². The molecule has 37 heavy (non-hydrogen) atoms. The Morgan fingerprint density at radius 3 is 2.81 bits per heavy atom. The number of thiazole rings is 1. The number of nitrogens with two attached hydrogens (primary N) is 1. The zero-order valence-corrected chi connectivity index (χ0v) is 21.9. The van der Waals surface area contributed by atoms with Gasteiger partial charge >= 0.3 is 0 Å². The fourth-order valence-electron chi connectivity index (χ4n) is 5.66. The molecule has 8 nitrogen and oxygen atoms in total. The summed E-state index contributed by atoms with van der Waals surface area (Å²) in [4.78, 5) is 39.7. The lowest BCUT2D eigenvalue weighted by atomic mass is 9.87. The van der Waals surface area contributed by atoms with Crippen molar-refractivity contribution in [2.45, 2.75) is 70.5 Å². The van der Waals surface area contributed by atoms with Crippen LogP contribution in [0.25, 0.3) is 10.8 Å². The van der Waals surface area contributed by atoms with Crippen molar-refractivity contribution >= 4 is 28.0 Å². The van der Waals surface area contributed by atoms with Gasteiger partial charge in [-0.15, -0.1) is 11.3 Å². The highest BCUT2D eigenvalue weighted by atomic mass is 32.1. The number of hydrogen-bond donors (Lipinski definition) is 2. The van der Waals surface area contributed by atoms with Gasteiger partial charge in [-0.3, -0.25) is 14.6 Å². The number of aromatic amines is 1. The minimum absolute atomic E-state index is 0.0935. The smallest absolute Gasteiger partial charge is 0.272 e.